The Morgan fingerprint density at radius 2 is 1.58 bits per heavy atom. The predicted octanol–water partition coefficient (Wildman–Crippen LogP) is 2.10. The lowest BCUT2D eigenvalue weighted by molar-refractivity contribution is -0.396. The van der Waals surface area contributed by atoms with Gasteiger partial charge in [0.25, 0.3) is 0 Å². The van der Waals surface area contributed by atoms with E-state index >= 15 is 0 Å². The molecule has 3 heteroatoms. The molecule has 0 spiro atoms. The molecule has 0 aromatic heterocycles. The standard InChI is InChI=1S/C9H18O3/c1-8(2,3)11-12-9(4,5)6-7-10/h7H,6H2,1-5H3. The van der Waals surface area contributed by atoms with Gasteiger partial charge >= 0.3 is 0 Å². The van der Waals surface area contributed by atoms with Gasteiger partial charge in [-0.25, -0.2) is 9.78 Å². The maximum absolute atomic E-state index is 10.2. The van der Waals surface area contributed by atoms with Crippen molar-refractivity contribution >= 4 is 6.29 Å². The van der Waals surface area contributed by atoms with Crippen LogP contribution in [0.1, 0.15) is 41.0 Å². The topological polar surface area (TPSA) is 35.5 Å². The molecule has 3 nitrogen and oxygen atoms in total. The van der Waals surface area contributed by atoms with Crippen LogP contribution in [-0.2, 0) is 14.6 Å². The highest BCUT2D eigenvalue weighted by Crippen LogP contribution is 2.17. The summed E-state index contributed by atoms with van der Waals surface area (Å²) in [5.41, 5.74) is -0.866. The molecule has 0 radical (unpaired) electrons. The van der Waals surface area contributed by atoms with Crippen molar-refractivity contribution in [2.45, 2.75) is 52.2 Å². The van der Waals surface area contributed by atoms with Gasteiger partial charge in [-0.2, -0.15) is 0 Å². The summed E-state index contributed by atoms with van der Waals surface area (Å²) in [7, 11) is 0. The van der Waals surface area contributed by atoms with Crippen molar-refractivity contribution in [3.63, 3.8) is 0 Å². The van der Waals surface area contributed by atoms with Crippen LogP contribution in [0.4, 0.5) is 0 Å². The highest BCUT2D eigenvalue weighted by Gasteiger charge is 2.23. The lowest BCUT2D eigenvalue weighted by Gasteiger charge is -2.26. The summed E-state index contributed by atoms with van der Waals surface area (Å²) in [5.74, 6) is 0. The van der Waals surface area contributed by atoms with Crippen molar-refractivity contribution in [1.29, 1.82) is 0 Å². The van der Waals surface area contributed by atoms with Crippen LogP contribution in [0.3, 0.4) is 0 Å². The molecule has 0 aliphatic heterocycles. The number of carbonyl (C=O) groups is 1. The summed E-state index contributed by atoms with van der Waals surface area (Å²) in [5, 5.41) is 0. The first-order valence-corrected chi connectivity index (χ1v) is 4.07. The molecule has 0 saturated heterocycles. The number of hydrogen-bond donors (Lipinski definition) is 0. The fraction of sp³-hybridized carbons (Fsp3) is 0.889. The average Bonchev–Trinajstić information content (AvgIpc) is 1.83. The van der Waals surface area contributed by atoms with Crippen LogP contribution in [0, 0.1) is 0 Å². The van der Waals surface area contributed by atoms with Crippen LogP contribution in [0.2, 0.25) is 0 Å². The molecular weight excluding hydrogens is 156 g/mol. The second-order valence-electron chi connectivity index (χ2n) is 4.41. The van der Waals surface area contributed by atoms with E-state index < -0.39 is 5.60 Å². The van der Waals surface area contributed by atoms with Gasteiger partial charge in [-0.05, 0) is 34.6 Å². The first kappa shape index (κ1) is 11.6. The van der Waals surface area contributed by atoms with Gasteiger partial charge in [0, 0.05) is 6.42 Å². The van der Waals surface area contributed by atoms with Crippen molar-refractivity contribution in [2.75, 3.05) is 0 Å². The van der Waals surface area contributed by atoms with Crippen molar-refractivity contribution in [1.82, 2.24) is 0 Å². The normalized spacial score (nSPS) is 13.1. The van der Waals surface area contributed by atoms with Gasteiger partial charge < -0.3 is 4.79 Å². The average molecular weight is 174 g/mol. The van der Waals surface area contributed by atoms with Crippen molar-refractivity contribution < 1.29 is 14.6 Å². The van der Waals surface area contributed by atoms with E-state index in [0.717, 1.165) is 6.29 Å². The second-order valence-corrected chi connectivity index (χ2v) is 4.41. The maximum atomic E-state index is 10.2. The van der Waals surface area contributed by atoms with Crippen LogP contribution in [0.5, 0.6) is 0 Å². The molecular formula is C9H18O3. The summed E-state index contributed by atoms with van der Waals surface area (Å²) < 4.78 is 0. The van der Waals surface area contributed by atoms with E-state index in [9.17, 15) is 4.79 Å². The fourth-order valence-electron chi connectivity index (χ4n) is 0.473. The van der Waals surface area contributed by atoms with E-state index in [0.29, 0.717) is 6.42 Å². The fourth-order valence-corrected chi connectivity index (χ4v) is 0.473. The quantitative estimate of drug-likeness (QED) is 0.372. The minimum atomic E-state index is -0.533. The smallest absolute Gasteiger partial charge is 0.122 e. The van der Waals surface area contributed by atoms with Crippen LogP contribution >= 0.6 is 0 Å². The van der Waals surface area contributed by atoms with Crippen molar-refractivity contribution in [3.8, 4) is 0 Å². The largest absolute Gasteiger partial charge is 0.303 e. The molecule has 0 bridgehead atoms. The van der Waals surface area contributed by atoms with E-state index in [1.807, 2.05) is 34.6 Å². The summed E-state index contributed by atoms with van der Waals surface area (Å²) in [6.07, 6.45) is 1.16. The molecule has 12 heavy (non-hydrogen) atoms. The Bertz CT molecular complexity index is 144. The molecule has 0 saturated carbocycles. The van der Waals surface area contributed by atoms with Gasteiger partial charge in [-0.15, -0.1) is 0 Å². The molecule has 0 fully saturated rings. The third-order valence-electron chi connectivity index (χ3n) is 1.09. The third kappa shape index (κ3) is 6.31. The number of carbonyl (C=O) groups excluding carboxylic acids is 1. The minimum absolute atomic E-state index is 0.333. The Morgan fingerprint density at radius 1 is 1.08 bits per heavy atom. The molecule has 0 unspecified atom stereocenters. The Hall–Kier alpha value is -0.410. The highest BCUT2D eigenvalue weighted by atomic mass is 17.2. The molecule has 0 aliphatic carbocycles. The molecule has 0 rings (SSSR count). The van der Waals surface area contributed by atoms with Crippen molar-refractivity contribution in [3.05, 3.63) is 0 Å². The molecule has 0 atom stereocenters. The zero-order valence-electron chi connectivity index (χ0n) is 8.51. The van der Waals surface area contributed by atoms with E-state index in [4.69, 9.17) is 9.78 Å². The molecule has 0 aromatic carbocycles. The van der Waals surface area contributed by atoms with Gasteiger partial charge in [0.05, 0.1) is 5.60 Å². The van der Waals surface area contributed by atoms with Gasteiger partial charge in [0.1, 0.15) is 11.9 Å². The maximum Gasteiger partial charge on any atom is 0.122 e. The molecule has 0 aromatic rings. The predicted molar refractivity (Wildman–Crippen MR) is 46.7 cm³/mol. The number of aldehydes is 1. The van der Waals surface area contributed by atoms with Gasteiger partial charge in [0.15, 0.2) is 0 Å². The number of rotatable bonds is 4. The first-order chi connectivity index (χ1) is 5.27. The van der Waals surface area contributed by atoms with Crippen LogP contribution in [0.15, 0.2) is 0 Å². The van der Waals surface area contributed by atoms with E-state index in [-0.39, 0.29) is 5.60 Å². The summed E-state index contributed by atoms with van der Waals surface area (Å²) in [4.78, 5) is 20.4. The van der Waals surface area contributed by atoms with E-state index in [1.165, 1.54) is 0 Å². The third-order valence-corrected chi connectivity index (χ3v) is 1.09. The monoisotopic (exact) mass is 174 g/mol. The lowest BCUT2D eigenvalue weighted by atomic mass is 10.1. The molecule has 0 heterocycles. The van der Waals surface area contributed by atoms with Gasteiger partial charge in [-0.1, -0.05) is 0 Å². The Kier molecular flexibility index (Phi) is 3.87. The summed E-state index contributed by atoms with van der Waals surface area (Å²) in [6.45, 7) is 9.30. The van der Waals surface area contributed by atoms with Crippen molar-refractivity contribution in [2.24, 2.45) is 0 Å². The summed E-state index contributed by atoms with van der Waals surface area (Å²) in [6, 6.07) is 0. The summed E-state index contributed by atoms with van der Waals surface area (Å²) >= 11 is 0. The Morgan fingerprint density at radius 3 is 1.92 bits per heavy atom. The van der Waals surface area contributed by atoms with Crippen LogP contribution in [-0.4, -0.2) is 17.5 Å². The molecule has 0 N–H and O–H groups in total. The van der Waals surface area contributed by atoms with E-state index in [2.05, 4.69) is 0 Å². The lowest BCUT2D eigenvalue weighted by Crippen LogP contribution is -2.30. The first-order valence-electron chi connectivity index (χ1n) is 4.07. The Labute approximate surface area is 74.0 Å². The van der Waals surface area contributed by atoms with Gasteiger partial charge in [-0.3, -0.25) is 0 Å². The molecule has 0 aliphatic rings. The van der Waals surface area contributed by atoms with E-state index in [1.54, 1.807) is 0 Å². The zero-order valence-corrected chi connectivity index (χ0v) is 8.51. The number of hydrogen-bond acceptors (Lipinski definition) is 3. The highest BCUT2D eigenvalue weighted by molar-refractivity contribution is 5.50. The SMILES string of the molecule is CC(C)(C)OOC(C)(C)CC=O. The van der Waals surface area contributed by atoms with Crippen LogP contribution in [0.25, 0.3) is 0 Å². The van der Waals surface area contributed by atoms with Gasteiger partial charge in [0.2, 0.25) is 0 Å². The molecule has 72 valence electrons. The minimum Gasteiger partial charge on any atom is -0.303 e. The molecule has 0 amide bonds. The zero-order chi connectivity index (χ0) is 9.83. The Balaban J connectivity index is 3.83. The van der Waals surface area contributed by atoms with Crippen LogP contribution < -0.4 is 0 Å². The second kappa shape index (κ2) is 4.01.